The van der Waals surface area contributed by atoms with E-state index >= 15 is 0 Å². The number of aliphatic carboxylic acids is 1. The number of hydrogen-bond donors (Lipinski definition) is 2. The summed E-state index contributed by atoms with van der Waals surface area (Å²) in [5.74, 6) is -1.27. The van der Waals surface area contributed by atoms with Gasteiger partial charge in [-0.25, -0.2) is 4.79 Å². The normalized spacial score (nSPS) is 17.9. The van der Waals surface area contributed by atoms with Crippen molar-refractivity contribution in [3.63, 3.8) is 0 Å². The number of hydrogen-bond acceptors (Lipinski definition) is 3. The quantitative estimate of drug-likeness (QED) is 0.897. The van der Waals surface area contributed by atoms with Crippen LogP contribution in [-0.4, -0.2) is 23.0 Å². The van der Waals surface area contributed by atoms with Crippen molar-refractivity contribution in [2.45, 2.75) is 38.1 Å². The van der Waals surface area contributed by atoms with Gasteiger partial charge < -0.3 is 10.4 Å². The van der Waals surface area contributed by atoms with Crippen LogP contribution in [0.5, 0.6) is 0 Å². The Bertz CT molecular complexity index is 468. The smallest absolute Gasteiger partial charge is 0.326 e. The third-order valence-corrected chi connectivity index (χ3v) is 4.70. The zero-order valence-corrected chi connectivity index (χ0v) is 12.0. The van der Waals surface area contributed by atoms with Gasteiger partial charge in [-0.2, -0.15) is 0 Å². The number of halogens is 1. The molecule has 1 heterocycles. The van der Waals surface area contributed by atoms with Crippen LogP contribution in [0.3, 0.4) is 0 Å². The zero-order chi connectivity index (χ0) is 13.8. The van der Waals surface area contributed by atoms with Crippen LogP contribution in [0.2, 0.25) is 4.34 Å². The highest BCUT2D eigenvalue weighted by Gasteiger charge is 2.31. The number of thiophene rings is 1. The van der Waals surface area contributed by atoms with Crippen molar-refractivity contribution in [3.05, 3.63) is 21.3 Å². The van der Waals surface area contributed by atoms with Crippen LogP contribution in [-0.2, 0) is 4.79 Å². The van der Waals surface area contributed by atoms with Crippen molar-refractivity contribution in [1.82, 2.24) is 5.32 Å². The molecule has 2 N–H and O–H groups in total. The van der Waals surface area contributed by atoms with E-state index in [1.165, 1.54) is 0 Å². The molecule has 1 unspecified atom stereocenters. The van der Waals surface area contributed by atoms with Crippen molar-refractivity contribution in [2.75, 3.05) is 0 Å². The first kappa shape index (κ1) is 14.3. The third kappa shape index (κ3) is 3.70. The third-order valence-electron chi connectivity index (χ3n) is 3.47. The molecule has 0 bridgehead atoms. The minimum Gasteiger partial charge on any atom is -0.480 e. The molecule has 1 aliphatic rings. The molecule has 1 aromatic heterocycles. The Hall–Kier alpha value is -1.07. The van der Waals surface area contributed by atoms with Crippen LogP contribution in [0.15, 0.2) is 12.1 Å². The highest BCUT2D eigenvalue weighted by Crippen LogP contribution is 2.27. The van der Waals surface area contributed by atoms with Crippen molar-refractivity contribution >= 4 is 34.8 Å². The summed E-state index contributed by atoms with van der Waals surface area (Å²) in [6.45, 7) is 0. The standard InChI is InChI=1S/C13H16ClNO3S/c14-10-7-6-9(19-10)12(16)15-11(13(17)18)8-4-2-1-3-5-8/h6-8,11H,1-5H2,(H,15,16)(H,17,18). The Morgan fingerprint density at radius 3 is 2.53 bits per heavy atom. The number of amides is 1. The van der Waals surface area contributed by atoms with Crippen molar-refractivity contribution < 1.29 is 14.7 Å². The van der Waals surface area contributed by atoms with Crippen LogP contribution in [0.1, 0.15) is 41.8 Å². The average Bonchev–Trinajstić information content (AvgIpc) is 2.83. The summed E-state index contributed by atoms with van der Waals surface area (Å²) in [7, 11) is 0. The fourth-order valence-corrected chi connectivity index (χ4v) is 3.44. The SMILES string of the molecule is O=C(NC(C(=O)O)C1CCCCC1)c1ccc(Cl)s1. The number of carbonyl (C=O) groups excluding carboxylic acids is 1. The highest BCUT2D eigenvalue weighted by atomic mass is 35.5. The number of carbonyl (C=O) groups is 2. The Morgan fingerprint density at radius 1 is 1.32 bits per heavy atom. The maximum Gasteiger partial charge on any atom is 0.326 e. The van der Waals surface area contributed by atoms with Gasteiger partial charge in [0.25, 0.3) is 5.91 Å². The summed E-state index contributed by atoms with van der Waals surface area (Å²) in [4.78, 5) is 23.8. The summed E-state index contributed by atoms with van der Waals surface area (Å²) in [5.41, 5.74) is 0. The van der Waals surface area contributed by atoms with E-state index in [1.54, 1.807) is 12.1 Å². The number of carboxylic acids is 1. The van der Waals surface area contributed by atoms with E-state index in [0.29, 0.717) is 9.21 Å². The number of carboxylic acid groups (broad SMARTS) is 1. The van der Waals surface area contributed by atoms with Crippen LogP contribution >= 0.6 is 22.9 Å². The lowest BCUT2D eigenvalue weighted by Gasteiger charge is -2.27. The van der Waals surface area contributed by atoms with Crippen LogP contribution in [0.4, 0.5) is 0 Å². The van der Waals surface area contributed by atoms with Crippen molar-refractivity contribution in [1.29, 1.82) is 0 Å². The van der Waals surface area contributed by atoms with E-state index in [4.69, 9.17) is 11.6 Å². The van der Waals surface area contributed by atoms with E-state index in [9.17, 15) is 14.7 Å². The van der Waals surface area contributed by atoms with Gasteiger partial charge in [0, 0.05) is 0 Å². The van der Waals surface area contributed by atoms with Crippen molar-refractivity contribution in [3.8, 4) is 0 Å². The summed E-state index contributed by atoms with van der Waals surface area (Å²) in [6, 6.07) is 2.45. The Morgan fingerprint density at radius 2 is 2.00 bits per heavy atom. The monoisotopic (exact) mass is 301 g/mol. The van der Waals surface area contributed by atoms with Gasteiger partial charge in [0.1, 0.15) is 6.04 Å². The molecule has 4 nitrogen and oxygen atoms in total. The maximum atomic E-state index is 12.0. The molecule has 1 fully saturated rings. The lowest BCUT2D eigenvalue weighted by atomic mass is 9.84. The molecule has 1 saturated carbocycles. The van der Waals surface area contributed by atoms with Gasteiger partial charge >= 0.3 is 5.97 Å². The molecule has 0 aromatic carbocycles. The largest absolute Gasteiger partial charge is 0.480 e. The van der Waals surface area contributed by atoms with Gasteiger partial charge in [0.15, 0.2) is 0 Å². The first-order chi connectivity index (χ1) is 9.08. The van der Waals surface area contributed by atoms with Gasteiger partial charge in [-0.15, -0.1) is 11.3 Å². The van der Waals surface area contributed by atoms with E-state index in [-0.39, 0.29) is 11.8 Å². The second-order valence-electron chi connectivity index (χ2n) is 4.79. The van der Waals surface area contributed by atoms with E-state index in [2.05, 4.69) is 5.32 Å². The molecule has 1 amide bonds. The molecule has 0 aliphatic heterocycles. The van der Waals surface area contributed by atoms with Crippen molar-refractivity contribution in [2.24, 2.45) is 5.92 Å². The van der Waals surface area contributed by atoms with Gasteiger partial charge in [-0.3, -0.25) is 4.79 Å². The topological polar surface area (TPSA) is 66.4 Å². The number of nitrogens with one attached hydrogen (secondary N) is 1. The zero-order valence-electron chi connectivity index (χ0n) is 10.4. The molecule has 2 rings (SSSR count). The first-order valence-electron chi connectivity index (χ1n) is 6.37. The molecular weight excluding hydrogens is 286 g/mol. The van der Waals surface area contributed by atoms with Crippen LogP contribution in [0.25, 0.3) is 0 Å². The van der Waals surface area contributed by atoms with Crippen LogP contribution < -0.4 is 5.32 Å². The van der Waals surface area contributed by atoms with Gasteiger partial charge in [-0.1, -0.05) is 30.9 Å². The minimum atomic E-state index is -0.956. The lowest BCUT2D eigenvalue weighted by molar-refractivity contribution is -0.141. The fourth-order valence-electron chi connectivity index (χ4n) is 2.50. The minimum absolute atomic E-state index is 0.0330. The number of rotatable bonds is 4. The Kier molecular flexibility index (Phi) is 4.82. The molecule has 1 atom stereocenters. The molecule has 19 heavy (non-hydrogen) atoms. The second kappa shape index (κ2) is 6.39. The molecule has 0 radical (unpaired) electrons. The lowest BCUT2D eigenvalue weighted by Crippen LogP contribution is -2.46. The second-order valence-corrected chi connectivity index (χ2v) is 6.51. The molecule has 6 heteroatoms. The summed E-state index contributed by atoms with van der Waals surface area (Å²) < 4.78 is 0.523. The van der Waals surface area contributed by atoms with E-state index in [0.717, 1.165) is 43.4 Å². The summed E-state index contributed by atoms with van der Waals surface area (Å²) in [5, 5.41) is 11.9. The molecule has 1 aliphatic carbocycles. The van der Waals surface area contributed by atoms with Gasteiger partial charge in [-0.05, 0) is 30.9 Å². The van der Waals surface area contributed by atoms with E-state index in [1.807, 2.05) is 0 Å². The van der Waals surface area contributed by atoms with Gasteiger partial charge in [0.2, 0.25) is 0 Å². The molecule has 1 aromatic rings. The Labute approximate surface area is 120 Å². The predicted octanol–water partition coefficient (Wildman–Crippen LogP) is 3.16. The molecule has 0 spiro atoms. The molecular formula is C13H16ClNO3S. The highest BCUT2D eigenvalue weighted by molar-refractivity contribution is 7.18. The fraction of sp³-hybridized carbons (Fsp3) is 0.538. The molecule has 0 saturated heterocycles. The summed E-state index contributed by atoms with van der Waals surface area (Å²) >= 11 is 6.93. The van der Waals surface area contributed by atoms with Gasteiger partial charge in [0.05, 0.1) is 9.21 Å². The summed E-state index contributed by atoms with van der Waals surface area (Å²) in [6.07, 6.45) is 4.95. The predicted molar refractivity (Wildman–Crippen MR) is 74.8 cm³/mol. The maximum absolute atomic E-state index is 12.0. The van der Waals surface area contributed by atoms with Crippen LogP contribution in [0, 0.1) is 5.92 Å². The molecule has 104 valence electrons. The average molecular weight is 302 g/mol. The Balaban J connectivity index is 2.04. The first-order valence-corrected chi connectivity index (χ1v) is 7.56. The van der Waals surface area contributed by atoms with E-state index < -0.39 is 12.0 Å².